The van der Waals surface area contributed by atoms with Crippen molar-refractivity contribution < 1.29 is 0 Å². The quantitative estimate of drug-likeness (QED) is 0.216. The lowest BCUT2D eigenvalue weighted by molar-refractivity contribution is 1.65. The van der Waals surface area contributed by atoms with Crippen molar-refractivity contribution in [3.05, 3.63) is 131 Å². The molecule has 30 heavy (non-hydrogen) atoms. The zero-order chi connectivity index (χ0) is 20.2. The van der Waals surface area contributed by atoms with E-state index >= 15 is 0 Å². The second-order valence-corrected chi connectivity index (χ2v) is 7.44. The zero-order valence-corrected chi connectivity index (χ0v) is 16.7. The van der Waals surface area contributed by atoms with Gasteiger partial charge in [0.15, 0.2) is 0 Å². The Labute approximate surface area is 177 Å². The Kier molecular flexibility index (Phi) is 4.98. The zero-order valence-electron chi connectivity index (χ0n) is 16.7. The molecule has 0 amide bonds. The van der Waals surface area contributed by atoms with Crippen LogP contribution >= 0.6 is 0 Å². The van der Waals surface area contributed by atoms with Crippen molar-refractivity contribution in [3.8, 4) is 0 Å². The largest absolute Gasteiger partial charge is 0.0622 e. The standard InChI is InChI=1S/C30H22/c1-3-9-23(10-4-1)15-17-26-19-22-29-27-14-8-7-13-25(27)18-21-30(29)28(26)20-16-24-11-5-2-6-12-24/h1-22H/b17-15+,20-16+. The number of hydrogen-bond donors (Lipinski definition) is 0. The van der Waals surface area contributed by atoms with E-state index in [-0.39, 0.29) is 0 Å². The molecule has 0 aliphatic heterocycles. The van der Waals surface area contributed by atoms with Crippen molar-refractivity contribution >= 4 is 45.8 Å². The predicted molar refractivity (Wildman–Crippen MR) is 132 cm³/mol. The van der Waals surface area contributed by atoms with Crippen molar-refractivity contribution in [1.29, 1.82) is 0 Å². The van der Waals surface area contributed by atoms with E-state index in [1.165, 1.54) is 43.8 Å². The molecule has 0 radical (unpaired) electrons. The lowest BCUT2D eigenvalue weighted by Crippen LogP contribution is -1.86. The third kappa shape index (κ3) is 3.68. The summed E-state index contributed by atoms with van der Waals surface area (Å²) in [6, 6.07) is 38.5. The first-order valence-corrected chi connectivity index (χ1v) is 10.3. The maximum absolute atomic E-state index is 2.25. The number of fused-ring (bicyclic) bond motifs is 3. The molecule has 5 rings (SSSR count). The molecule has 0 N–H and O–H groups in total. The highest BCUT2D eigenvalue weighted by Crippen LogP contribution is 2.31. The summed E-state index contributed by atoms with van der Waals surface area (Å²) in [4.78, 5) is 0. The highest BCUT2D eigenvalue weighted by Gasteiger charge is 2.07. The lowest BCUT2D eigenvalue weighted by atomic mass is 9.94. The van der Waals surface area contributed by atoms with Crippen LogP contribution in [0.5, 0.6) is 0 Å². The van der Waals surface area contributed by atoms with Crippen molar-refractivity contribution in [2.45, 2.75) is 0 Å². The van der Waals surface area contributed by atoms with Crippen molar-refractivity contribution in [3.63, 3.8) is 0 Å². The van der Waals surface area contributed by atoms with E-state index in [9.17, 15) is 0 Å². The van der Waals surface area contributed by atoms with Gasteiger partial charge >= 0.3 is 0 Å². The van der Waals surface area contributed by atoms with Gasteiger partial charge in [-0.1, -0.05) is 133 Å². The molecule has 5 aromatic rings. The van der Waals surface area contributed by atoms with Gasteiger partial charge in [0.2, 0.25) is 0 Å². The van der Waals surface area contributed by atoms with Gasteiger partial charge in [-0.3, -0.25) is 0 Å². The van der Waals surface area contributed by atoms with E-state index in [4.69, 9.17) is 0 Å². The SMILES string of the molecule is C(=C\c1ccc2c(ccc3ccccc32)c1/C=C/c1ccccc1)/c1ccccc1. The monoisotopic (exact) mass is 382 g/mol. The number of hydrogen-bond acceptors (Lipinski definition) is 0. The molecule has 0 unspecified atom stereocenters. The Morgan fingerprint density at radius 3 is 1.70 bits per heavy atom. The minimum Gasteiger partial charge on any atom is -0.0622 e. The Balaban J connectivity index is 1.69. The van der Waals surface area contributed by atoms with E-state index in [0.29, 0.717) is 0 Å². The Bertz CT molecular complexity index is 1360. The molecule has 0 aromatic heterocycles. The molecule has 0 aliphatic carbocycles. The maximum atomic E-state index is 2.25. The molecule has 5 aromatic carbocycles. The molecule has 0 saturated carbocycles. The molecule has 0 aliphatic rings. The minimum absolute atomic E-state index is 1.20. The fourth-order valence-corrected chi connectivity index (χ4v) is 3.95. The van der Waals surface area contributed by atoms with Crippen LogP contribution in [-0.2, 0) is 0 Å². The summed E-state index contributed by atoms with van der Waals surface area (Å²) in [6.07, 6.45) is 8.84. The van der Waals surface area contributed by atoms with Crippen LogP contribution in [0.1, 0.15) is 22.3 Å². The normalized spacial score (nSPS) is 11.7. The second kappa shape index (κ2) is 8.23. The van der Waals surface area contributed by atoms with E-state index < -0.39 is 0 Å². The maximum Gasteiger partial charge on any atom is -0.00990 e. The molecule has 0 nitrogen and oxygen atoms in total. The molecule has 0 heteroatoms. The first-order chi connectivity index (χ1) is 14.9. The van der Waals surface area contributed by atoms with Gasteiger partial charge in [0.25, 0.3) is 0 Å². The summed E-state index contributed by atoms with van der Waals surface area (Å²) in [5.41, 5.74) is 4.87. The summed E-state index contributed by atoms with van der Waals surface area (Å²) < 4.78 is 0. The van der Waals surface area contributed by atoms with Gasteiger partial charge in [0.05, 0.1) is 0 Å². The molecular formula is C30H22. The minimum atomic E-state index is 1.20. The fourth-order valence-electron chi connectivity index (χ4n) is 3.95. The molecule has 0 atom stereocenters. The van der Waals surface area contributed by atoms with Crippen molar-refractivity contribution in [2.75, 3.05) is 0 Å². The van der Waals surface area contributed by atoms with E-state index in [1.54, 1.807) is 0 Å². The van der Waals surface area contributed by atoms with Gasteiger partial charge in [0.1, 0.15) is 0 Å². The van der Waals surface area contributed by atoms with E-state index in [1.807, 2.05) is 6.07 Å². The van der Waals surface area contributed by atoms with E-state index in [0.717, 1.165) is 0 Å². The number of benzene rings is 5. The molecular weight excluding hydrogens is 360 g/mol. The summed E-state index contributed by atoms with van der Waals surface area (Å²) >= 11 is 0. The van der Waals surface area contributed by atoms with Crippen LogP contribution < -0.4 is 0 Å². The predicted octanol–water partition coefficient (Wildman–Crippen LogP) is 8.33. The molecule has 0 heterocycles. The van der Waals surface area contributed by atoms with Crippen LogP contribution in [0, 0.1) is 0 Å². The Morgan fingerprint density at radius 2 is 0.967 bits per heavy atom. The third-order valence-electron chi connectivity index (χ3n) is 5.50. The highest BCUT2D eigenvalue weighted by atomic mass is 14.1. The fraction of sp³-hybridized carbons (Fsp3) is 0. The van der Waals surface area contributed by atoms with Crippen LogP contribution in [-0.4, -0.2) is 0 Å². The topological polar surface area (TPSA) is 0 Å². The lowest BCUT2D eigenvalue weighted by Gasteiger charge is -2.10. The Morgan fingerprint density at radius 1 is 0.367 bits per heavy atom. The molecule has 0 bridgehead atoms. The van der Waals surface area contributed by atoms with Crippen LogP contribution in [0.3, 0.4) is 0 Å². The Hall–Kier alpha value is -3.90. The molecule has 0 spiro atoms. The molecule has 142 valence electrons. The molecule has 0 fully saturated rings. The first-order valence-electron chi connectivity index (χ1n) is 10.3. The molecule has 0 saturated heterocycles. The van der Waals surface area contributed by atoms with Gasteiger partial charge in [-0.2, -0.15) is 0 Å². The van der Waals surface area contributed by atoms with Gasteiger partial charge in [-0.05, 0) is 43.8 Å². The van der Waals surface area contributed by atoms with E-state index in [2.05, 4.69) is 127 Å². The van der Waals surface area contributed by atoms with Crippen LogP contribution in [0.25, 0.3) is 45.8 Å². The van der Waals surface area contributed by atoms with Gasteiger partial charge in [-0.25, -0.2) is 0 Å². The van der Waals surface area contributed by atoms with Gasteiger partial charge in [0, 0.05) is 0 Å². The highest BCUT2D eigenvalue weighted by molar-refractivity contribution is 6.11. The van der Waals surface area contributed by atoms with Gasteiger partial charge in [-0.15, -0.1) is 0 Å². The summed E-state index contributed by atoms with van der Waals surface area (Å²) in [7, 11) is 0. The van der Waals surface area contributed by atoms with Crippen LogP contribution in [0.2, 0.25) is 0 Å². The van der Waals surface area contributed by atoms with Gasteiger partial charge < -0.3 is 0 Å². The summed E-state index contributed by atoms with van der Waals surface area (Å²) in [5, 5.41) is 5.13. The van der Waals surface area contributed by atoms with Crippen LogP contribution in [0.4, 0.5) is 0 Å². The third-order valence-corrected chi connectivity index (χ3v) is 5.50. The smallest absolute Gasteiger partial charge is 0.00990 e. The summed E-state index contributed by atoms with van der Waals surface area (Å²) in [5.74, 6) is 0. The van der Waals surface area contributed by atoms with Crippen molar-refractivity contribution in [1.82, 2.24) is 0 Å². The average molecular weight is 383 g/mol. The average Bonchev–Trinajstić information content (AvgIpc) is 2.82. The first kappa shape index (κ1) is 18.1. The van der Waals surface area contributed by atoms with Crippen LogP contribution in [0.15, 0.2) is 109 Å². The van der Waals surface area contributed by atoms with Crippen molar-refractivity contribution in [2.24, 2.45) is 0 Å². The second-order valence-electron chi connectivity index (χ2n) is 7.44. The number of rotatable bonds is 4. The summed E-state index contributed by atoms with van der Waals surface area (Å²) in [6.45, 7) is 0.